The topological polar surface area (TPSA) is 76.7 Å². The molecule has 0 saturated carbocycles. The number of nitrogens with two attached hydrogens (primary N) is 1. The zero-order valence-corrected chi connectivity index (χ0v) is 12.6. The maximum absolute atomic E-state index is 5.79. The molecule has 3 aromatic rings. The van der Waals surface area contributed by atoms with Crippen LogP contribution >= 0.6 is 11.5 Å². The van der Waals surface area contributed by atoms with Crippen LogP contribution in [0.3, 0.4) is 0 Å². The first-order chi connectivity index (χ1) is 10.3. The number of benzene rings is 1. The Morgan fingerprint density at radius 2 is 2.24 bits per heavy atom. The molecule has 108 valence electrons. The summed E-state index contributed by atoms with van der Waals surface area (Å²) in [5, 5.41) is 5.32. The Balaban J connectivity index is 2.03. The molecule has 0 bridgehead atoms. The first-order valence-electron chi connectivity index (χ1n) is 6.95. The molecule has 0 spiro atoms. The van der Waals surface area contributed by atoms with Crippen LogP contribution in [0.15, 0.2) is 36.5 Å². The Morgan fingerprint density at radius 1 is 1.33 bits per heavy atom. The van der Waals surface area contributed by atoms with Crippen LogP contribution in [0.25, 0.3) is 10.9 Å². The third-order valence-electron chi connectivity index (χ3n) is 3.46. The van der Waals surface area contributed by atoms with Crippen molar-refractivity contribution in [3.8, 4) is 0 Å². The minimum absolute atomic E-state index is 0.0869. The third kappa shape index (κ3) is 2.78. The largest absolute Gasteiger partial charge is 0.271 e. The van der Waals surface area contributed by atoms with E-state index in [4.69, 9.17) is 5.84 Å². The number of hydrogen-bond donors (Lipinski definition) is 2. The molecule has 21 heavy (non-hydrogen) atoms. The van der Waals surface area contributed by atoms with E-state index in [0.717, 1.165) is 39.9 Å². The van der Waals surface area contributed by atoms with Gasteiger partial charge in [-0.3, -0.25) is 10.8 Å². The highest BCUT2D eigenvalue weighted by Gasteiger charge is 2.20. The molecule has 0 aliphatic heterocycles. The number of pyridine rings is 1. The number of hydrogen-bond acceptors (Lipinski definition) is 6. The van der Waals surface area contributed by atoms with E-state index in [1.54, 1.807) is 6.20 Å². The Morgan fingerprint density at radius 3 is 3.05 bits per heavy atom. The fourth-order valence-electron chi connectivity index (χ4n) is 2.44. The maximum Gasteiger partial charge on any atom is 0.0837 e. The summed E-state index contributed by atoms with van der Waals surface area (Å²) in [6.07, 6.45) is 3.75. The van der Waals surface area contributed by atoms with E-state index >= 15 is 0 Å². The molecule has 0 fully saturated rings. The van der Waals surface area contributed by atoms with Crippen LogP contribution in [0.4, 0.5) is 0 Å². The van der Waals surface area contributed by atoms with Crippen molar-refractivity contribution >= 4 is 22.4 Å². The molecule has 0 aliphatic rings. The van der Waals surface area contributed by atoms with E-state index in [1.165, 1.54) is 11.5 Å². The molecule has 0 amide bonds. The zero-order chi connectivity index (χ0) is 14.7. The third-order valence-corrected chi connectivity index (χ3v) is 4.29. The summed E-state index contributed by atoms with van der Waals surface area (Å²) in [7, 11) is 0. The van der Waals surface area contributed by atoms with Crippen molar-refractivity contribution in [1.29, 1.82) is 0 Å². The summed E-state index contributed by atoms with van der Waals surface area (Å²) < 4.78 is 4.08. The molecule has 3 rings (SSSR count). The lowest BCUT2D eigenvalue weighted by molar-refractivity contribution is 0.637. The fourth-order valence-corrected chi connectivity index (χ4v) is 3.23. The fraction of sp³-hybridized carbons (Fsp3) is 0.267. The van der Waals surface area contributed by atoms with Crippen molar-refractivity contribution in [1.82, 2.24) is 20.0 Å². The van der Waals surface area contributed by atoms with Gasteiger partial charge >= 0.3 is 0 Å². The first-order valence-corrected chi connectivity index (χ1v) is 7.72. The van der Waals surface area contributed by atoms with Gasteiger partial charge in [0.25, 0.3) is 0 Å². The van der Waals surface area contributed by atoms with E-state index in [-0.39, 0.29) is 6.04 Å². The highest BCUT2D eigenvalue weighted by atomic mass is 32.1. The second-order valence-corrected chi connectivity index (χ2v) is 5.67. The Kier molecular flexibility index (Phi) is 4.19. The van der Waals surface area contributed by atoms with Crippen molar-refractivity contribution in [2.45, 2.75) is 25.8 Å². The molecule has 0 aliphatic carbocycles. The van der Waals surface area contributed by atoms with Crippen LogP contribution < -0.4 is 11.3 Å². The molecule has 2 aromatic heterocycles. The summed E-state index contributed by atoms with van der Waals surface area (Å²) in [5.74, 6) is 5.79. The number of nitrogens with zero attached hydrogens (tertiary/aromatic N) is 3. The van der Waals surface area contributed by atoms with Crippen molar-refractivity contribution in [2.75, 3.05) is 0 Å². The molecule has 1 atom stereocenters. The van der Waals surface area contributed by atoms with Gasteiger partial charge in [0, 0.05) is 11.6 Å². The summed E-state index contributed by atoms with van der Waals surface area (Å²) in [4.78, 5) is 5.43. The summed E-state index contributed by atoms with van der Waals surface area (Å²) >= 11 is 1.40. The Hall–Kier alpha value is -1.89. The average Bonchev–Trinajstić information content (AvgIpc) is 2.97. The van der Waals surface area contributed by atoms with Crippen molar-refractivity contribution in [2.24, 2.45) is 5.84 Å². The molecular weight excluding hydrogens is 282 g/mol. The van der Waals surface area contributed by atoms with E-state index in [2.05, 4.69) is 45.1 Å². The number of nitrogens with one attached hydrogen (secondary N) is 1. The second kappa shape index (κ2) is 6.26. The lowest BCUT2D eigenvalue weighted by Gasteiger charge is -2.16. The summed E-state index contributed by atoms with van der Waals surface area (Å²) in [6.45, 7) is 2.13. The molecule has 1 aromatic carbocycles. The van der Waals surface area contributed by atoms with Gasteiger partial charge in [0.1, 0.15) is 0 Å². The van der Waals surface area contributed by atoms with Crippen molar-refractivity contribution < 1.29 is 0 Å². The van der Waals surface area contributed by atoms with Crippen LogP contribution in [0.5, 0.6) is 0 Å². The van der Waals surface area contributed by atoms with Crippen LogP contribution in [-0.4, -0.2) is 14.6 Å². The van der Waals surface area contributed by atoms with Gasteiger partial charge in [-0.25, -0.2) is 5.43 Å². The predicted molar refractivity (Wildman–Crippen MR) is 84.8 cm³/mol. The maximum atomic E-state index is 5.79. The first kappa shape index (κ1) is 14.1. The van der Waals surface area contributed by atoms with E-state index in [1.807, 2.05) is 12.1 Å². The summed E-state index contributed by atoms with van der Waals surface area (Å²) in [5.41, 5.74) is 6.00. The predicted octanol–water partition coefficient (Wildman–Crippen LogP) is 2.59. The van der Waals surface area contributed by atoms with E-state index in [0.29, 0.717) is 0 Å². The van der Waals surface area contributed by atoms with Gasteiger partial charge < -0.3 is 0 Å². The highest BCUT2D eigenvalue weighted by molar-refractivity contribution is 7.05. The lowest BCUT2D eigenvalue weighted by Crippen LogP contribution is -2.29. The van der Waals surface area contributed by atoms with Gasteiger partial charge in [0.2, 0.25) is 0 Å². The van der Waals surface area contributed by atoms with E-state index < -0.39 is 0 Å². The van der Waals surface area contributed by atoms with Gasteiger partial charge in [0.15, 0.2) is 0 Å². The van der Waals surface area contributed by atoms with Crippen LogP contribution in [0, 0.1) is 0 Å². The molecule has 6 heteroatoms. The lowest BCUT2D eigenvalue weighted by atomic mass is 10.0. The normalized spacial score (nSPS) is 12.7. The van der Waals surface area contributed by atoms with Crippen molar-refractivity contribution in [3.63, 3.8) is 0 Å². The SMILES string of the molecule is CCCc1nnsc1C(NN)c1ccc2ncccc2c1. The zero-order valence-electron chi connectivity index (χ0n) is 11.8. The monoisotopic (exact) mass is 299 g/mol. The Bertz CT molecular complexity index is 740. The minimum atomic E-state index is -0.0869. The minimum Gasteiger partial charge on any atom is -0.271 e. The van der Waals surface area contributed by atoms with Gasteiger partial charge in [-0.15, -0.1) is 5.10 Å². The smallest absolute Gasteiger partial charge is 0.0837 e. The molecule has 3 N–H and O–H groups in total. The molecule has 0 radical (unpaired) electrons. The molecule has 1 unspecified atom stereocenters. The number of aromatic nitrogens is 3. The average molecular weight is 299 g/mol. The molecule has 5 nitrogen and oxygen atoms in total. The number of rotatable bonds is 5. The van der Waals surface area contributed by atoms with Gasteiger partial charge in [-0.1, -0.05) is 30.0 Å². The molecule has 0 saturated heterocycles. The van der Waals surface area contributed by atoms with Crippen LogP contribution in [-0.2, 0) is 6.42 Å². The number of aryl methyl sites for hydroxylation is 1. The quantitative estimate of drug-likeness (QED) is 0.559. The highest BCUT2D eigenvalue weighted by Crippen LogP contribution is 2.28. The second-order valence-electron chi connectivity index (χ2n) is 4.89. The standard InChI is InChI=1S/C15H17N5S/c1-2-4-13-15(21-20-19-13)14(18-16)11-6-7-12-10(9-11)5-3-8-17-12/h3,5-9,14,18H,2,4,16H2,1H3. The molecular formula is C15H17N5S. The van der Waals surface area contributed by atoms with Crippen LogP contribution in [0.2, 0.25) is 0 Å². The van der Waals surface area contributed by atoms with E-state index in [9.17, 15) is 0 Å². The van der Waals surface area contributed by atoms with Gasteiger partial charge in [-0.2, -0.15) is 0 Å². The van der Waals surface area contributed by atoms with Crippen molar-refractivity contribution in [3.05, 3.63) is 52.7 Å². The van der Waals surface area contributed by atoms with Crippen LogP contribution in [0.1, 0.15) is 35.5 Å². The van der Waals surface area contributed by atoms with Gasteiger partial charge in [0.05, 0.1) is 22.1 Å². The molecule has 2 heterocycles. The van der Waals surface area contributed by atoms with Gasteiger partial charge in [-0.05, 0) is 41.7 Å². The summed E-state index contributed by atoms with van der Waals surface area (Å²) in [6, 6.07) is 10.1. The number of fused-ring (bicyclic) bond motifs is 1. The Labute approximate surface area is 127 Å². The number of hydrazine groups is 1.